The summed E-state index contributed by atoms with van der Waals surface area (Å²) < 4.78 is 5.92. The molecule has 0 aromatic heterocycles. The lowest BCUT2D eigenvalue weighted by atomic mass is 10.0. The van der Waals surface area contributed by atoms with Gasteiger partial charge in [0.1, 0.15) is 6.10 Å². The Morgan fingerprint density at radius 1 is 0.500 bits per heavy atom. The average molecular weight is 818 g/mol. The SMILES string of the molecule is CCCCC/C=C/C=C/CCCCCCC(CC(=O)NC(CO)C(O)CCCCCCCCCCCC)OC(=O)CCCCCCCCCCCCCCCCCC. The lowest BCUT2D eigenvalue weighted by Gasteiger charge is -2.24. The molecule has 58 heavy (non-hydrogen) atoms. The molecular formula is C52H99NO5. The fraction of sp³-hybridized carbons (Fsp3) is 0.885. The number of hydrogen-bond acceptors (Lipinski definition) is 5. The van der Waals surface area contributed by atoms with Crippen LogP contribution < -0.4 is 5.32 Å². The molecule has 0 heterocycles. The number of carbonyl (C=O) groups is 2. The maximum atomic E-state index is 13.2. The Labute approximate surface area is 361 Å². The molecule has 0 aromatic rings. The zero-order valence-electron chi connectivity index (χ0n) is 38.9. The average Bonchev–Trinajstić information content (AvgIpc) is 3.22. The van der Waals surface area contributed by atoms with Crippen LogP contribution in [-0.2, 0) is 14.3 Å². The first-order valence-corrected chi connectivity index (χ1v) is 25.6. The monoisotopic (exact) mass is 818 g/mol. The van der Waals surface area contributed by atoms with Crippen molar-refractivity contribution in [2.24, 2.45) is 0 Å². The van der Waals surface area contributed by atoms with Crippen molar-refractivity contribution in [3.05, 3.63) is 24.3 Å². The van der Waals surface area contributed by atoms with Gasteiger partial charge < -0.3 is 20.3 Å². The molecule has 0 saturated carbocycles. The van der Waals surface area contributed by atoms with Crippen LogP contribution in [0.4, 0.5) is 0 Å². The summed E-state index contributed by atoms with van der Waals surface area (Å²) in [6.07, 6.45) is 52.4. The van der Waals surface area contributed by atoms with Gasteiger partial charge >= 0.3 is 5.97 Å². The molecule has 0 fully saturated rings. The Kier molecular flexibility index (Phi) is 45.1. The van der Waals surface area contributed by atoms with E-state index in [0.717, 1.165) is 77.0 Å². The zero-order chi connectivity index (χ0) is 42.4. The van der Waals surface area contributed by atoms with E-state index in [2.05, 4.69) is 50.4 Å². The van der Waals surface area contributed by atoms with Crippen LogP contribution >= 0.6 is 0 Å². The Hall–Kier alpha value is -1.66. The summed E-state index contributed by atoms with van der Waals surface area (Å²) in [6, 6.07) is -0.702. The predicted molar refractivity (Wildman–Crippen MR) is 250 cm³/mol. The number of allylic oxidation sites excluding steroid dienone is 4. The highest BCUT2D eigenvalue weighted by Crippen LogP contribution is 2.18. The number of aliphatic hydroxyl groups excluding tert-OH is 2. The van der Waals surface area contributed by atoms with Gasteiger partial charge in [-0.1, -0.05) is 231 Å². The number of rotatable bonds is 46. The minimum atomic E-state index is -0.788. The van der Waals surface area contributed by atoms with Gasteiger partial charge in [-0.3, -0.25) is 9.59 Å². The van der Waals surface area contributed by atoms with Crippen molar-refractivity contribution in [3.8, 4) is 0 Å². The summed E-state index contributed by atoms with van der Waals surface area (Å²) in [7, 11) is 0. The molecule has 6 heteroatoms. The molecule has 0 aliphatic heterocycles. The topological polar surface area (TPSA) is 95.9 Å². The van der Waals surface area contributed by atoms with Gasteiger partial charge in [0, 0.05) is 6.42 Å². The van der Waals surface area contributed by atoms with Crippen molar-refractivity contribution >= 4 is 11.9 Å². The normalized spacial score (nSPS) is 13.4. The Balaban J connectivity index is 4.55. The molecule has 6 nitrogen and oxygen atoms in total. The molecule has 0 spiro atoms. The van der Waals surface area contributed by atoms with Gasteiger partial charge in [0.05, 0.1) is 25.2 Å². The number of esters is 1. The van der Waals surface area contributed by atoms with Crippen LogP contribution in [0.5, 0.6) is 0 Å². The predicted octanol–water partition coefficient (Wildman–Crippen LogP) is 15.1. The molecule has 0 saturated heterocycles. The molecule has 0 aliphatic carbocycles. The number of carbonyl (C=O) groups excluding carboxylic acids is 2. The first-order valence-electron chi connectivity index (χ1n) is 25.6. The van der Waals surface area contributed by atoms with E-state index in [1.807, 2.05) is 0 Å². The quantitative estimate of drug-likeness (QED) is 0.0323. The van der Waals surface area contributed by atoms with Crippen LogP contribution in [0.1, 0.15) is 271 Å². The van der Waals surface area contributed by atoms with Gasteiger partial charge in [0.2, 0.25) is 5.91 Å². The third-order valence-electron chi connectivity index (χ3n) is 11.8. The zero-order valence-corrected chi connectivity index (χ0v) is 38.9. The third kappa shape index (κ3) is 41.1. The molecule has 0 aliphatic rings. The van der Waals surface area contributed by atoms with E-state index in [0.29, 0.717) is 19.3 Å². The number of amides is 1. The van der Waals surface area contributed by atoms with Crippen LogP contribution in [0, 0.1) is 0 Å². The van der Waals surface area contributed by atoms with Crippen LogP contribution in [0.25, 0.3) is 0 Å². The highest BCUT2D eigenvalue weighted by atomic mass is 16.5. The van der Waals surface area contributed by atoms with E-state index in [1.54, 1.807) is 0 Å². The van der Waals surface area contributed by atoms with Crippen molar-refractivity contribution in [2.45, 2.75) is 289 Å². The smallest absolute Gasteiger partial charge is 0.306 e. The summed E-state index contributed by atoms with van der Waals surface area (Å²) in [5.41, 5.74) is 0. The highest BCUT2D eigenvalue weighted by molar-refractivity contribution is 5.77. The Morgan fingerprint density at radius 3 is 1.31 bits per heavy atom. The fourth-order valence-electron chi connectivity index (χ4n) is 7.89. The fourth-order valence-corrected chi connectivity index (χ4v) is 7.89. The number of unbranched alkanes of at least 4 members (excludes halogenated alkanes) is 31. The number of ether oxygens (including phenoxy) is 1. The van der Waals surface area contributed by atoms with Gasteiger partial charge in [-0.2, -0.15) is 0 Å². The Bertz CT molecular complexity index is 919. The molecule has 342 valence electrons. The highest BCUT2D eigenvalue weighted by Gasteiger charge is 2.24. The summed E-state index contributed by atoms with van der Waals surface area (Å²) >= 11 is 0. The molecule has 0 aromatic carbocycles. The van der Waals surface area contributed by atoms with Gasteiger partial charge in [-0.25, -0.2) is 0 Å². The molecule has 1 amide bonds. The minimum Gasteiger partial charge on any atom is -0.462 e. The second-order valence-corrected chi connectivity index (χ2v) is 17.6. The van der Waals surface area contributed by atoms with Gasteiger partial charge in [0.25, 0.3) is 0 Å². The minimum absolute atomic E-state index is 0.0690. The van der Waals surface area contributed by atoms with Crippen LogP contribution in [-0.4, -0.2) is 46.9 Å². The largest absolute Gasteiger partial charge is 0.462 e. The van der Waals surface area contributed by atoms with Crippen molar-refractivity contribution < 1.29 is 24.5 Å². The molecular weight excluding hydrogens is 719 g/mol. The van der Waals surface area contributed by atoms with Crippen LogP contribution in [0.15, 0.2) is 24.3 Å². The van der Waals surface area contributed by atoms with E-state index >= 15 is 0 Å². The van der Waals surface area contributed by atoms with Crippen LogP contribution in [0.3, 0.4) is 0 Å². The number of nitrogens with one attached hydrogen (secondary N) is 1. The first kappa shape index (κ1) is 56.3. The van der Waals surface area contributed by atoms with Gasteiger partial charge in [-0.05, 0) is 51.4 Å². The summed E-state index contributed by atoms with van der Waals surface area (Å²) in [6.45, 7) is 6.45. The molecule has 3 atom stereocenters. The van der Waals surface area contributed by atoms with Gasteiger partial charge in [0.15, 0.2) is 0 Å². The standard InChI is InChI=1S/C52H99NO5/c1-4-7-10-13-16-19-22-24-25-26-28-30-33-36-39-42-45-52(57)58-48(43-40-37-34-31-29-27-23-20-17-14-11-8-5-2)46-51(56)53-49(47-54)50(55)44-41-38-35-32-21-18-15-12-9-6-3/h17,20,23,27,48-50,54-55H,4-16,18-19,21-22,24-26,28-47H2,1-3H3,(H,53,56)/b20-17+,27-23+. The van der Waals surface area contributed by atoms with E-state index in [-0.39, 0.29) is 24.9 Å². The molecule has 0 radical (unpaired) electrons. The number of aliphatic hydroxyl groups is 2. The maximum absolute atomic E-state index is 13.2. The maximum Gasteiger partial charge on any atom is 0.306 e. The van der Waals surface area contributed by atoms with Crippen molar-refractivity contribution in [1.82, 2.24) is 5.32 Å². The molecule has 0 rings (SSSR count). The van der Waals surface area contributed by atoms with E-state index < -0.39 is 18.2 Å². The first-order chi connectivity index (χ1) is 28.5. The lowest BCUT2D eigenvalue weighted by Crippen LogP contribution is -2.46. The van der Waals surface area contributed by atoms with Crippen LogP contribution in [0.2, 0.25) is 0 Å². The summed E-state index contributed by atoms with van der Waals surface area (Å²) in [5.74, 6) is -0.481. The second-order valence-electron chi connectivity index (χ2n) is 17.6. The molecule has 3 unspecified atom stereocenters. The Morgan fingerprint density at radius 2 is 0.862 bits per heavy atom. The van der Waals surface area contributed by atoms with E-state index in [1.165, 1.54) is 148 Å². The van der Waals surface area contributed by atoms with Crippen molar-refractivity contribution in [2.75, 3.05) is 6.61 Å². The van der Waals surface area contributed by atoms with E-state index in [4.69, 9.17) is 4.74 Å². The van der Waals surface area contributed by atoms with E-state index in [9.17, 15) is 19.8 Å². The second kappa shape index (κ2) is 46.4. The lowest BCUT2D eigenvalue weighted by molar-refractivity contribution is -0.151. The molecule has 0 bridgehead atoms. The van der Waals surface area contributed by atoms with Gasteiger partial charge in [-0.15, -0.1) is 0 Å². The van der Waals surface area contributed by atoms with Crippen molar-refractivity contribution in [1.29, 1.82) is 0 Å². The number of hydrogen-bond donors (Lipinski definition) is 3. The molecule has 3 N–H and O–H groups in total. The third-order valence-corrected chi connectivity index (χ3v) is 11.8. The summed E-state index contributed by atoms with van der Waals surface area (Å²) in [4.78, 5) is 26.1. The van der Waals surface area contributed by atoms with Crippen molar-refractivity contribution in [3.63, 3.8) is 0 Å². The summed E-state index contributed by atoms with van der Waals surface area (Å²) in [5, 5.41) is 23.7.